The van der Waals surface area contributed by atoms with E-state index in [4.69, 9.17) is 10.8 Å². The lowest BCUT2D eigenvalue weighted by Gasteiger charge is -2.25. The van der Waals surface area contributed by atoms with Gasteiger partial charge in [-0.3, -0.25) is 0 Å². The summed E-state index contributed by atoms with van der Waals surface area (Å²) in [7, 11) is 0. The van der Waals surface area contributed by atoms with Crippen molar-refractivity contribution in [1.82, 2.24) is 0 Å². The number of hydrogen-bond acceptors (Lipinski definition) is 3. The number of rotatable bonds is 6. The number of aliphatic hydroxyl groups excluding tert-OH is 1. The van der Waals surface area contributed by atoms with Gasteiger partial charge in [0.2, 0.25) is 0 Å². The fourth-order valence-electron chi connectivity index (χ4n) is 1.62. The van der Waals surface area contributed by atoms with Gasteiger partial charge in [0.25, 0.3) is 0 Å². The number of halogens is 1. The quantitative estimate of drug-likeness (QED) is 0.845. The van der Waals surface area contributed by atoms with Crippen LogP contribution >= 0.6 is 27.7 Å². The maximum atomic E-state index is 9.17. The highest BCUT2D eigenvalue weighted by molar-refractivity contribution is 9.10. The first-order valence-electron chi connectivity index (χ1n) is 5.85. The molecule has 0 bridgehead atoms. The molecule has 0 fully saturated rings. The summed E-state index contributed by atoms with van der Waals surface area (Å²) >= 11 is 5.23. The largest absolute Gasteiger partial charge is 0.395 e. The highest BCUT2D eigenvalue weighted by Gasteiger charge is 2.21. The summed E-state index contributed by atoms with van der Waals surface area (Å²) < 4.78 is 1.07. The molecule has 0 amide bonds. The summed E-state index contributed by atoms with van der Waals surface area (Å²) in [6.45, 7) is 4.31. The molecule has 1 rings (SSSR count). The Bertz CT molecular complexity index is 348. The van der Waals surface area contributed by atoms with Crippen molar-refractivity contribution in [2.75, 3.05) is 6.61 Å². The fourth-order valence-corrected chi connectivity index (χ4v) is 3.32. The Morgan fingerprint density at radius 3 is 2.71 bits per heavy atom. The smallest absolute Gasteiger partial charge is 0.0547 e. The molecule has 0 aliphatic rings. The maximum absolute atomic E-state index is 9.17. The monoisotopic (exact) mass is 317 g/mol. The third-order valence-electron chi connectivity index (χ3n) is 2.67. The lowest BCUT2D eigenvalue weighted by atomic mass is 10.0. The van der Waals surface area contributed by atoms with Gasteiger partial charge in [0, 0.05) is 21.0 Å². The first kappa shape index (κ1) is 15.0. The van der Waals surface area contributed by atoms with Crippen LogP contribution in [0, 0.1) is 0 Å². The molecule has 0 radical (unpaired) electrons. The molecule has 0 spiro atoms. The molecule has 1 aromatic rings. The topological polar surface area (TPSA) is 46.2 Å². The SMILES string of the molecule is CCC(N)C(SC(C)CO)c1cccc(Br)c1. The average Bonchev–Trinajstić information content (AvgIpc) is 2.34. The molecule has 3 unspecified atom stereocenters. The molecule has 4 heteroatoms. The lowest BCUT2D eigenvalue weighted by molar-refractivity contribution is 0.299. The Morgan fingerprint density at radius 2 is 2.18 bits per heavy atom. The summed E-state index contributed by atoms with van der Waals surface area (Å²) in [6, 6.07) is 8.36. The van der Waals surface area contributed by atoms with Gasteiger partial charge in [-0.15, -0.1) is 11.8 Å². The van der Waals surface area contributed by atoms with Crippen LogP contribution in [0.1, 0.15) is 31.1 Å². The number of hydrogen-bond donors (Lipinski definition) is 2. The summed E-state index contributed by atoms with van der Waals surface area (Å²) in [6.07, 6.45) is 0.933. The zero-order chi connectivity index (χ0) is 12.8. The summed E-state index contributed by atoms with van der Waals surface area (Å²) in [4.78, 5) is 0. The van der Waals surface area contributed by atoms with Crippen molar-refractivity contribution in [2.45, 2.75) is 36.8 Å². The normalized spacial score (nSPS) is 16.5. The molecule has 2 nitrogen and oxygen atoms in total. The average molecular weight is 318 g/mol. The molecule has 0 saturated heterocycles. The van der Waals surface area contributed by atoms with E-state index in [9.17, 15) is 0 Å². The van der Waals surface area contributed by atoms with Crippen LogP contribution in [-0.4, -0.2) is 23.0 Å². The first-order chi connectivity index (χ1) is 8.08. The van der Waals surface area contributed by atoms with E-state index in [2.05, 4.69) is 35.0 Å². The Balaban J connectivity index is 2.89. The van der Waals surface area contributed by atoms with Crippen LogP contribution in [0.3, 0.4) is 0 Å². The van der Waals surface area contributed by atoms with Crippen molar-refractivity contribution in [3.05, 3.63) is 34.3 Å². The number of nitrogens with two attached hydrogens (primary N) is 1. The predicted molar refractivity (Wildman–Crippen MR) is 79.3 cm³/mol. The van der Waals surface area contributed by atoms with Crippen molar-refractivity contribution in [1.29, 1.82) is 0 Å². The van der Waals surface area contributed by atoms with Crippen molar-refractivity contribution >= 4 is 27.7 Å². The van der Waals surface area contributed by atoms with E-state index in [0.29, 0.717) is 0 Å². The zero-order valence-electron chi connectivity index (χ0n) is 10.3. The molecular formula is C13H20BrNOS. The van der Waals surface area contributed by atoms with Gasteiger partial charge < -0.3 is 10.8 Å². The Kier molecular flexibility index (Phi) is 6.55. The van der Waals surface area contributed by atoms with Crippen molar-refractivity contribution in [3.8, 4) is 0 Å². The summed E-state index contributed by atoms with van der Waals surface area (Å²) in [5.41, 5.74) is 7.41. The van der Waals surface area contributed by atoms with E-state index in [1.807, 2.05) is 19.1 Å². The lowest BCUT2D eigenvalue weighted by Crippen LogP contribution is -2.27. The van der Waals surface area contributed by atoms with Crippen LogP contribution in [-0.2, 0) is 0 Å². The van der Waals surface area contributed by atoms with Crippen LogP contribution in [0.25, 0.3) is 0 Å². The second kappa shape index (κ2) is 7.41. The van der Waals surface area contributed by atoms with E-state index >= 15 is 0 Å². The maximum Gasteiger partial charge on any atom is 0.0547 e. The van der Waals surface area contributed by atoms with Crippen LogP contribution in [0.5, 0.6) is 0 Å². The van der Waals surface area contributed by atoms with Gasteiger partial charge in [-0.2, -0.15) is 0 Å². The van der Waals surface area contributed by atoms with Crippen molar-refractivity contribution in [3.63, 3.8) is 0 Å². The Morgan fingerprint density at radius 1 is 1.47 bits per heavy atom. The zero-order valence-corrected chi connectivity index (χ0v) is 12.7. The van der Waals surface area contributed by atoms with Gasteiger partial charge in [0.1, 0.15) is 0 Å². The van der Waals surface area contributed by atoms with Crippen molar-refractivity contribution < 1.29 is 5.11 Å². The molecule has 1 aromatic carbocycles. The summed E-state index contributed by atoms with van der Waals surface area (Å²) in [5, 5.41) is 9.61. The highest BCUT2D eigenvalue weighted by atomic mass is 79.9. The molecule has 0 saturated carbocycles. The minimum Gasteiger partial charge on any atom is -0.395 e. The molecule has 0 aromatic heterocycles. The van der Waals surface area contributed by atoms with Gasteiger partial charge in [-0.25, -0.2) is 0 Å². The minimum absolute atomic E-state index is 0.114. The second-order valence-electron chi connectivity index (χ2n) is 4.18. The fraction of sp³-hybridized carbons (Fsp3) is 0.538. The van der Waals surface area contributed by atoms with E-state index in [-0.39, 0.29) is 23.1 Å². The van der Waals surface area contributed by atoms with Crippen LogP contribution in [0.15, 0.2) is 28.7 Å². The van der Waals surface area contributed by atoms with Crippen molar-refractivity contribution in [2.24, 2.45) is 5.73 Å². The van der Waals surface area contributed by atoms with Crippen LogP contribution in [0.4, 0.5) is 0 Å². The standard InChI is InChI=1S/C13H20BrNOS/c1-3-12(15)13(17-9(2)8-16)10-5-4-6-11(14)7-10/h4-7,9,12-13,16H,3,8,15H2,1-2H3. The third kappa shape index (κ3) is 4.62. The molecule has 0 aliphatic carbocycles. The second-order valence-corrected chi connectivity index (χ2v) is 6.68. The number of thioether (sulfide) groups is 1. The van der Waals surface area contributed by atoms with Crippen LogP contribution < -0.4 is 5.73 Å². The Hall–Kier alpha value is -0.0300. The number of benzene rings is 1. The third-order valence-corrected chi connectivity index (χ3v) is 4.70. The van der Waals surface area contributed by atoms with E-state index in [1.54, 1.807) is 11.8 Å². The molecule has 0 aliphatic heterocycles. The Labute approximate surface area is 116 Å². The molecule has 0 heterocycles. The van der Waals surface area contributed by atoms with Crippen LogP contribution in [0.2, 0.25) is 0 Å². The van der Waals surface area contributed by atoms with Gasteiger partial charge in [0.05, 0.1) is 6.61 Å². The van der Waals surface area contributed by atoms with Gasteiger partial charge in [-0.1, -0.05) is 41.9 Å². The summed E-state index contributed by atoms with van der Waals surface area (Å²) in [5.74, 6) is 0. The van der Waals surface area contributed by atoms with Gasteiger partial charge >= 0.3 is 0 Å². The van der Waals surface area contributed by atoms with Gasteiger partial charge in [-0.05, 0) is 24.1 Å². The molecule has 17 heavy (non-hydrogen) atoms. The molecule has 3 N–H and O–H groups in total. The van der Waals surface area contributed by atoms with Gasteiger partial charge in [0.15, 0.2) is 0 Å². The predicted octanol–water partition coefficient (Wildman–Crippen LogP) is 3.34. The molecule has 96 valence electrons. The van der Waals surface area contributed by atoms with E-state index in [0.717, 1.165) is 10.9 Å². The minimum atomic E-state index is 0.114. The molecular weight excluding hydrogens is 298 g/mol. The van der Waals surface area contributed by atoms with E-state index in [1.165, 1.54) is 5.56 Å². The molecule has 3 atom stereocenters. The number of aliphatic hydroxyl groups is 1. The highest BCUT2D eigenvalue weighted by Crippen LogP contribution is 2.36. The van der Waals surface area contributed by atoms with E-state index < -0.39 is 0 Å². The first-order valence-corrected chi connectivity index (χ1v) is 7.59.